The number of allylic oxidation sites excluding steroid dienone is 1. The zero-order valence-electron chi connectivity index (χ0n) is 7.97. The summed E-state index contributed by atoms with van der Waals surface area (Å²) in [6.07, 6.45) is 4.47. The molecule has 0 saturated carbocycles. The zero-order chi connectivity index (χ0) is 10.4. The van der Waals surface area contributed by atoms with Crippen molar-refractivity contribution < 1.29 is 9.13 Å². The Morgan fingerprint density at radius 3 is 2.93 bits per heavy atom. The molecule has 0 heterocycles. The summed E-state index contributed by atoms with van der Waals surface area (Å²) in [6.45, 7) is 0. The Labute approximate surface area is 88.1 Å². The van der Waals surface area contributed by atoms with Crippen molar-refractivity contribution in [3.63, 3.8) is 0 Å². The normalized spacial score (nSPS) is 10.8. The largest absolute Gasteiger partial charge is 0.493 e. The molecule has 3 heteroatoms. The quantitative estimate of drug-likeness (QED) is 0.698. The Kier molecular flexibility index (Phi) is 4.47. The van der Waals surface area contributed by atoms with Crippen LogP contribution in [0.5, 0.6) is 5.75 Å². The summed E-state index contributed by atoms with van der Waals surface area (Å²) in [5.74, 6) is 0.493. The van der Waals surface area contributed by atoms with Crippen LogP contribution >= 0.6 is 11.6 Å². The molecule has 0 aliphatic carbocycles. The van der Waals surface area contributed by atoms with Crippen LogP contribution in [0.15, 0.2) is 24.3 Å². The molecule has 0 aliphatic heterocycles. The van der Waals surface area contributed by atoms with E-state index in [9.17, 15) is 4.39 Å². The van der Waals surface area contributed by atoms with Gasteiger partial charge in [0, 0.05) is 11.4 Å². The lowest BCUT2D eigenvalue weighted by Crippen LogP contribution is -1.90. The van der Waals surface area contributed by atoms with Crippen molar-refractivity contribution >= 4 is 17.7 Å². The molecule has 1 aromatic rings. The summed E-state index contributed by atoms with van der Waals surface area (Å²) in [7, 11) is 1.46. The number of halogens is 2. The first kappa shape index (κ1) is 11.1. The maximum absolute atomic E-state index is 13.2. The van der Waals surface area contributed by atoms with Gasteiger partial charge in [-0.3, -0.25) is 0 Å². The predicted molar refractivity (Wildman–Crippen MR) is 57.3 cm³/mol. The number of methoxy groups -OCH3 is 1. The van der Waals surface area contributed by atoms with Crippen molar-refractivity contribution in [2.45, 2.75) is 6.42 Å². The highest BCUT2D eigenvalue weighted by atomic mass is 35.5. The lowest BCUT2D eigenvalue weighted by Gasteiger charge is -2.04. The third-order valence-electron chi connectivity index (χ3n) is 1.77. The smallest absolute Gasteiger partial charge is 0.165 e. The molecule has 0 atom stereocenters. The van der Waals surface area contributed by atoms with Gasteiger partial charge in [0.25, 0.3) is 0 Å². The Morgan fingerprint density at radius 2 is 2.29 bits per heavy atom. The molecule has 0 aromatic heterocycles. The molecule has 0 amide bonds. The summed E-state index contributed by atoms with van der Waals surface area (Å²) in [4.78, 5) is 0. The van der Waals surface area contributed by atoms with Gasteiger partial charge in [0.2, 0.25) is 0 Å². The fourth-order valence-corrected chi connectivity index (χ4v) is 1.27. The van der Waals surface area contributed by atoms with E-state index in [4.69, 9.17) is 16.3 Å². The number of alkyl halides is 1. The van der Waals surface area contributed by atoms with E-state index in [0.29, 0.717) is 5.88 Å². The number of hydrogen-bond donors (Lipinski definition) is 0. The Morgan fingerprint density at radius 1 is 1.50 bits per heavy atom. The average molecular weight is 215 g/mol. The van der Waals surface area contributed by atoms with Gasteiger partial charge in [-0.2, -0.15) is 0 Å². The van der Waals surface area contributed by atoms with E-state index in [0.717, 1.165) is 12.0 Å². The lowest BCUT2D eigenvalue weighted by atomic mass is 10.1. The maximum Gasteiger partial charge on any atom is 0.165 e. The van der Waals surface area contributed by atoms with E-state index in [1.165, 1.54) is 13.2 Å². The molecular formula is C11H12ClFO. The van der Waals surface area contributed by atoms with Gasteiger partial charge >= 0.3 is 0 Å². The summed E-state index contributed by atoms with van der Waals surface area (Å²) >= 11 is 5.52. The number of ether oxygens (including phenoxy) is 1. The van der Waals surface area contributed by atoms with Crippen LogP contribution in [-0.4, -0.2) is 13.0 Å². The molecular weight excluding hydrogens is 203 g/mol. The first-order chi connectivity index (χ1) is 6.79. The SMILES string of the molecule is COc1c(F)cccc1C=CCCCl. The van der Waals surface area contributed by atoms with Crippen molar-refractivity contribution in [2.24, 2.45) is 0 Å². The second-order valence-electron chi connectivity index (χ2n) is 2.74. The molecule has 0 aliphatic rings. The minimum Gasteiger partial charge on any atom is -0.493 e. The highest BCUT2D eigenvalue weighted by Gasteiger charge is 2.04. The van der Waals surface area contributed by atoms with E-state index >= 15 is 0 Å². The summed E-state index contributed by atoms with van der Waals surface area (Å²) in [6, 6.07) is 4.82. The second kappa shape index (κ2) is 5.66. The van der Waals surface area contributed by atoms with Crippen molar-refractivity contribution in [3.8, 4) is 5.75 Å². The van der Waals surface area contributed by atoms with E-state index in [1.807, 2.05) is 12.2 Å². The number of benzene rings is 1. The van der Waals surface area contributed by atoms with Crippen molar-refractivity contribution in [2.75, 3.05) is 13.0 Å². The van der Waals surface area contributed by atoms with Gasteiger partial charge in [-0.15, -0.1) is 11.6 Å². The predicted octanol–water partition coefficient (Wildman–Crippen LogP) is 3.48. The van der Waals surface area contributed by atoms with E-state index in [-0.39, 0.29) is 11.6 Å². The van der Waals surface area contributed by atoms with Gasteiger partial charge in [-0.25, -0.2) is 4.39 Å². The molecule has 14 heavy (non-hydrogen) atoms. The van der Waals surface area contributed by atoms with E-state index in [1.54, 1.807) is 12.1 Å². The Balaban J connectivity index is 2.90. The van der Waals surface area contributed by atoms with Crippen LogP contribution < -0.4 is 4.74 Å². The van der Waals surface area contributed by atoms with Crippen LogP contribution in [0, 0.1) is 5.82 Å². The highest BCUT2D eigenvalue weighted by molar-refractivity contribution is 6.17. The topological polar surface area (TPSA) is 9.23 Å². The second-order valence-corrected chi connectivity index (χ2v) is 3.12. The third-order valence-corrected chi connectivity index (χ3v) is 1.99. The first-order valence-electron chi connectivity index (χ1n) is 4.34. The maximum atomic E-state index is 13.2. The molecule has 0 unspecified atom stereocenters. The van der Waals surface area contributed by atoms with Gasteiger partial charge in [-0.05, 0) is 12.5 Å². The van der Waals surface area contributed by atoms with Gasteiger partial charge in [0.1, 0.15) is 0 Å². The Hall–Kier alpha value is -1.02. The summed E-state index contributed by atoms with van der Waals surface area (Å²) in [5, 5.41) is 0. The minimum atomic E-state index is -0.347. The average Bonchev–Trinajstić information content (AvgIpc) is 2.18. The molecule has 0 saturated heterocycles. The summed E-state index contributed by atoms with van der Waals surface area (Å²) in [5.41, 5.74) is 0.734. The number of para-hydroxylation sites is 1. The molecule has 0 spiro atoms. The summed E-state index contributed by atoms with van der Waals surface area (Å²) < 4.78 is 18.1. The molecule has 76 valence electrons. The molecule has 0 fully saturated rings. The van der Waals surface area contributed by atoms with Gasteiger partial charge in [0.15, 0.2) is 11.6 Å². The highest BCUT2D eigenvalue weighted by Crippen LogP contribution is 2.23. The molecule has 1 nitrogen and oxygen atoms in total. The zero-order valence-corrected chi connectivity index (χ0v) is 8.72. The van der Waals surface area contributed by atoms with Crippen LogP contribution in [0.2, 0.25) is 0 Å². The van der Waals surface area contributed by atoms with E-state index in [2.05, 4.69) is 0 Å². The fraction of sp³-hybridized carbons (Fsp3) is 0.273. The number of hydrogen-bond acceptors (Lipinski definition) is 1. The van der Waals surface area contributed by atoms with Crippen molar-refractivity contribution in [3.05, 3.63) is 35.7 Å². The van der Waals surface area contributed by atoms with Crippen LogP contribution in [0.3, 0.4) is 0 Å². The van der Waals surface area contributed by atoms with Gasteiger partial charge in [0.05, 0.1) is 7.11 Å². The fourth-order valence-electron chi connectivity index (χ4n) is 1.15. The van der Waals surface area contributed by atoms with Gasteiger partial charge < -0.3 is 4.74 Å². The van der Waals surface area contributed by atoms with Crippen LogP contribution in [0.1, 0.15) is 12.0 Å². The van der Waals surface area contributed by atoms with Crippen LogP contribution in [-0.2, 0) is 0 Å². The van der Waals surface area contributed by atoms with Crippen molar-refractivity contribution in [1.82, 2.24) is 0 Å². The minimum absolute atomic E-state index is 0.276. The van der Waals surface area contributed by atoms with E-state index < -0.39 is 0 Å². The lowest BCUT2D eigenvalue weighted by molar-refractivity contribution is 0.385. The van der Waals surface area contributed by atoms with Crippen LogP contribution in [0.4, 0.5) is 4.39 Å². The van der Waals surface area contributed by atoms with Crippen LogP contribution in [0.25, 0.3) is 6.08 Å². The monoisotopic (exact) mass is 214 g/mol. The first-order valence-corrected chi connectivity index (χ1v) is 4.88. The molecule has 0 N–H and O–H groups in total. The standard InChI is InChI=1S/C11H12ClFO/c1-14-11-9(5-2-3-8-12)6-4-7-10(11)13/h2,4-7H,3,8H2,1H3. The molecule has 0 radical (unpaired) electrons. The number of rotatable bonds is 4. The molecule has 1 rings (SSSR count). The third kappa shape index (κ3) is 2.74. The van der Waals surface area contributed by atoms with Crippen molar-refractivity contribution in [1.29, 1.82) is 0 Å². The molecule has 1 aromatic carbocycles. The molecule has 0 bridgehead atoms. The van der Waals surface area contributed by atoms with Gasteiger partial charge in [-0.1, -0.05) is 24.3 Å². The Bertz CT molecular complexity index is 323.